The summed E-state index contributed by atoms with van der Waals surface area (Å²) in [5, 5.41) is 2.39. The minimum Gasteiger partial charge on any atom is -0.460 e. The number of aromatic amines is 1. The third-order valence-corrected chi connectivity index (χ3v) is 3.75. The van der Waals surface area contributed by atoms with Crippen LogP contribution in [0.2, 0.25) is 0 Å². The van der Waals surface area contributed by atoms with Gasteiger partial charge < -0.3 is 9.72 Å². The van der Waals surface area contributed by atoms with Crippen molar-refractivity contribution in [1.29, 1.82) is 0 Å². The first kappa shape index (κ1) is 13.2. The van der Waals surface area contributed by atoms with Gasteiger partial charge in [0.15, 0.2) is 0 Å². The van der Waals surface area contributed by atoms with Crippen molar-refractivity contribution in [3.05, 3.63) is 27.1 Å². The van der Waals surface area contributed by atoms with Gasteiger partial charge in [-0.3, -0.25) is 4.79 Å². The molecule has 0 amide bonds. The van der Waals surface area contributed by atoms with Gasteiger partial charge >= 0.3 is 5.97 Å². The summed E-state index contributed by atoms with van der Waals surface area (Å²) in [6.45, 7) is 3.87. The van der Waals surface area contributed by atoms with E-state index in [1.54, 1.807) is 6.92 Å². The molecule has 1 atom stereocenters. The Labute approximate surface area is 115 Å². The van der Waals surface area contributed by atoms with Crippen LogP contribution in [0.15, 0.2) is 10.2 Å². The summed E-state index contributed by atoms with van der Waals surface area (Å²) >= 11 is 4.76. The maximum atomic E-state index is 12.0. The second-order valence-electron chi connectivity index (χ2n) is 3.62. The molecule has 0 bridgehead atoms. The Morgan fingerprint density at radius 2 is 2.39 bits per heavy atom. The van der Waals surface area contributed by atoms with Crippen LogP contribution in [0.4, 0.5) is 0 Å². The molecular weight excluding hydrogens is 320 g/mol. The first-order valence-corrected chi connectivity index (χ1v) is 7.16. The molecule has 0 aliphatic rings. The third kappa shape index (κ3) is 2.32. The van der Waals surface area contributed by atoms with Gasteiger partial charge in [0, 0.05) is 4.83 Å². The van der Waals surface area contributed by atoms with Gasteiger partial charge in [0.25, 0.3) is 5.56 Å². The molecule has 0 fully saturated rings. The van der Waals surface area contributed by atoms with Gasteiger partial charge in [-0.1, -0.05) is 15.9 Å². The molecule has 18 heavy (non-hydrogen) atoms. The topological polar surface area (TPSA) is 72.0 Å². The highest BCUT2D eigenvalue weighted by Gasteiger charge is 2.17. The first-order chi connectivity index (χ1) is 8.54. The summed E-state index contributed by atoms with van der Waals surface area (Å²) in [5.74, 6) is -0.664. The average molecular weight is 331 g/mol. The van der Waals surface area contributed by atoms with Crippen molar-refractivity contribution < 1.29 is 9.53 Å². The number of H-pyrrole nitrogens is 1. The summed E-state index contributed by atoms with van der Waals surface area (Å²) < 4.78 is 4.81. The Morgan fingerprint density at radius 3 is 3.00 bits per heavy atom. The van der Waals surface area contributed by atoms with Crippen molar-refractivity contribution in [2.24, 2.45) is 0 Å². The lowest BCUT2D eigenvalue weighted by Gasteiger charge is -2.02. The van der Waals surface area contributed by atoms with Gasteiger partial charge in [-0.15, -0.1) is 11.3 Å². The zero-order valence-corrected chi connectivity index (χ0v) is 12.2. The number of hydrogen-bond donors (Lipinski definition) is 1. The number of aromatic nitrogens is 2. The monoisotopic (exact) mass is 330 g/mol. The quantitative estimate of drug-likeness (QED) is 0.693. The third-order valence-electron chi connectivity index (χ3n) is 2.37. The Balaban J connectivity index is 2.59. The fourth-order valence-corrected chi connectivity index (χ4v) is 3.13. The van der Waals surface area contributed by atoms with Crippen LogP contribution in [0.1, 0.15) is 34.9 Å². The van der Waals surface area contributed by atoms with Crippen LogP contribution in [0, 0.1) is 0 Å². The number of rotatable bonds is 3. The molecule has 2 aromatic heterocycles. The molecule has 1 N–H and O–H groups in total. The predicted octanol–water partition coefficient (Wildman–Crippen LogP) is 2.62. The maximum Gasteiger partial charge on any atom is 0.374 e. The van der Waals surface area contributed by atoms with Gasteiger partial charge in [0.1, 0.15) is 4.83 Å². The van der Waals surface area contributed by atoms with E-state index in [9.17, 15) is 9.59 Å². The van der Waals surface area contributed by atoms with Crippen LogP contribution in [-0.4, -0.2) is 22.5 Å². The molecule has 2 heterocycles. The highest BCUT2D eigenvalue weighted by molar-refractivity contribution is 9.09. The summed E-state index contributed by atoms with van der Waals surface area (Å²) in [6, 6.07) is 0. The first-order valence-electron chi connectivity index (χ1n) is 5.37. The lowest BCUT2D eigenvalue weighted by Crippen LogP contribution is -2.17. The van der Waals surface area contributed by atoms with Crippen LogP contribution in [-0.2, 0) is 4.74 Å². The number of halogens is 1. The molecule has 5 nitrogen and oxygen atoms in total. The fraction of sp³-hybridized carbons (Fsp3) is 0.364. The Hall–Kier alpha value is -1.21. The van der Waals surface area contributed by atoms with E-state index >= 15 is 0 Å². The van der Waals surface area contributed by atoms with E-state index in [1.165, 1.54) is 11.3 Å². The van der Waals surface area contributed by atoms with Crippen LogP contribution in [0.25, 0.3) is 10.2 Å². The zero-order chi connectivity index (χ0) is 13.3. The number of fused-ring (bicyclic) bond motifs is 1. The zero-order valence-electron chi connectivity index (χ0n) is 9.82. The number of carbonyl (C=O) groups is 1. The summed E-state index contributed by atoms with van der Waals surface area (Å²) in [7, 11) is 0. The second kappa shape index (κ2) is 5.19. The van der Waals surface area contributed by atoms with Crippen molar-refractivity contribution in [2.45, 2.75) is 18.7 Å². The predicted molar refractivity (Wildman–Crippen MR) is 73.5 cm³/mol. The molecule has 0 saturated carbocycles. The minimum absolute atomic E-state index is 0.0509. The number of carbonyl (C=O) groups excluding carboxylic acids is 1. The number of esters is 1. The standard InChI is InChI=1S/C11H11BrN2O3S/c1-3-17-11(16)8-13-9(15)7-6(5(2)12)4-18-10(7)14-8/h4-5H,3H2,1-2H3,(H,13,14,15). The molecule has 0 aliphatic carbocycles. The van der Waals surface area contributed by atoms with Gasteiger partial charge in [-0.25, -0.2) is 9.78 Å². The number of nitrogens with zero attached hydrogens (tertiary/aromatic N) is 1. The molecular formula is C11H11BrN2O3S. The van der Waals surface area contributed by atoms with E-state index in [2.05, 4.69) is 25.9 Å². The SMILES string of the molecule is CCOC(=O)c1nc2scc(C(C)Br)c2c(=O)[nH]1. The molecule has 2 aromatic rings. The number of thiophene rings is 1. The molecule has 0 spiro atoms. The lowest BCUT2D eigenvalue weighted by atomic mass is 10.2. The Bertz CT molecular complexity index is 647. The van der Waals surface area contributed by atoms with Crippen LogP contribution < -0.4 is 5.56 Å². The van der Waals surface area contributed by atoms with Crippen molar-refractivity contribution >= 4 is 43.5 Å². The fourth-order valence-electron chi connectivity index (χ4n) is 1.56. The molecule has 96 valence electrons. The minimum atomic E-state index is -0.613. The van der Waals surface area contributed by atoms with E-state index in [0.717, 1.165) is 5.56 Å². The molecule has 0 saturated heterocycles. The smallest absolute Gasteiger partial charge is 0.374 e. The van der Waals surface area contributed by atoms with E-state index < -0.39 is 5.97 Å². The number of alkyl halides is 1. The van der Waals surface area contributed by atoms with Crippen molar-refractivity contribution in [2.75, 3.05) is 6.61 Å². The molecule has 0 aromatic carbocycles. The molecule has 1 unspecified atom stereocenters. The van der Waals surface area contributed by atoms with Crippen molar-refractivity contribution in [3.63, 3.8) is 0 Å². The van der Waals surface area contributed by atoms with Crippen LogP contribution in [0.5, 0.6) is 0 Å². The summed E-state index contributed by atoms with van der Waals surface area (Å²) in [6.07, 6.45) is 0. The summed E-state index contributed by atoms with van der Waals surface area (Å²) in [5.41, 5.74) is 0.560. The maximum absolute atomic E-state index is 12.0. The van der Waals surface area contributed by atoms with Crippen LogP contribution in [0.3, 0.4) is 0 Å². The molecule has 7 heteroatoms. The van der Waals surface area contributed by atoms with Gasteiger partial charge in [0.2, 0.25) is 5.82 Å². The Kier molecular flexibility index (Phi) is 3.82. The van der Waals surface area contributed by atoms with Crippen molar-refractivity contribution in [3.8, 4) is 0 Å². The highest BCUT2D eigenvalue weighted by Crippen LogP contribution is 2.30. The number of hydrogen-bond acceptors (Lipinski definition) is 5. The summed E-state index contributed by atoms with van der Waals surface area (Å²) in [4.78, 5) is 30.7. The Morgan fingerprint density at radius 1 is 1.67 bits per heavy atom. The molecule has 2 rings (SSSR count). The van der Waals surface area contributed by atoms with Gasteiger partial charge in [-0.2, -0.15) is 0 Å². The van der Waals surface area contributed by atoms with E-state index in [-0.39, 0.29) is 22.8 Å². The van der Waals surface area contributed by atoms with Crippen molar-refractivity contribution in [1.82, 2.24) is 9.97 Å². The lowest BCUT2D eigenvalue weighted by molar-refractivity contribution is 0.0512. The highest BCUT2D eigenvalue weighted by atomic mass is 79.9. The molecule has 0 radical (unpaired) electrons. The molecule has 0 aliphatic heterocycles. The van der Waals surface area contributed by atoms with E-state index in [1.807, 2.05) is 12.3 Å². The normalized spacial score (nSPS) is 12.6. The second-order valence-corrected chi connectivity index (χ2v) is 5.85. The van der Waals surface area contributed by atoms with Gasteiger partial charge in [-0.05, 0) is 24.8 Å². The number of ether oxygens (including phenoxy) is 1. The average Bonchev–Trinajstić information content (AvgIpc) is 2.73. The van der Waals surface area contributed by atoms with Gasteiger partial charge in [0.05, 0.1) is 12.0 Å². The van der Waals surface area contributed by atoms with E-state index in [0.29, 0.717) is 10.2 Å². The van der Waals surface area contributed by atoms with E-state index in [4.69, 9.17) is 4.74 Å². The number of nitrogens with one attached hydrogen (secondary N) is 1. The largest absolute Gasteiger partial charge is 0.460 e. The van der Waals surface area contributed by atoms with Crippen LogP contribution >= 0.6 is 27.3 Å².